The van der Waals surface area contributed by atoms with Crippen molar-refractivity contribution in [2.75, 3.05) is 6.54 Å². The number of urea groups is 1. The third kappa shape index (κ3) is 5.58. The van der Waals surface area contributed by atoms with Crippen molar-refractivity contribution in [3.05, 3.63) is 0 Å². The first-order chi connectivity index (χ1) is 8.88. The molecule has 1 rings (SSSR count). The number of nitrogens with one attached hydrogen (secondary N) is 3. The van der Waals surface area contributed by atoms with Crippen molar-refractivity contribution in [3.63, 3.8) is 0 Å². The van der Waals surface area contributed by atoms with Gasteiger partial charge in [0.05, 0.1) is 12.5 Å². The zero-order valence-corrected chi connectivity index (χ0v) is 11.2. The van der Waals surface area contributed by atoms with Gasteiger partial charge in [-0.2, -0.15) is 0 Å². The summed E-state index contributed by atoms with van der Waals surface area (Å²) in [7, 11) is 0. The fraction of sp³-hybridized carbons (Fsp3) is 0.750. The fourth-order valence-corrected chi connectivity index (χ4v) is 2.11. The van der Waals surface area contributed by atoms with Crippen LogP contribution in [0.2, 0.25) is 0 Å². The van der Waals surface area contributed by atoms with Crippen LogP contribution in [0, 0.1) is 5.92 Å². The third-order valence-corrected chi connectivity index (χ3v) is 2.98. The van der Waals surface area contributed by atoms with Crippen LogP contribution in [0.25, 0.3) is 0 Å². The quantitative estimate of drug-likeness (QED) is 0.567. The second kappa shape index (κ2) is 6.96. The minimum absolute atomic E-state index is 0.0310. The predicted octanol–water partition coefficient (Wildman–Crippen LogP) is 0.0635. The van der Waals surface area contributed by atoms with Crippen LogP contribution in [0.5, 0.6) is 0 Å². The summed E-state index contributed by atoms with van der Waals surface area (Å²) in [5.74, 6) is -1.45. The second-order valence-corrected chi connectivity index (χ2v) is 5.09. The number of aliphatic carboxylic acids is 1. The minimum Gasteiger partial charge on any atom is -0.481 e. The molecular weight excluding hydrogens is 250 g/mol. The lowest BCUT2D eigenvalue weighted by Crippen LogP contribution is -2.46. The molecule has 1 saturated carbocycles. The predicted molar refractivity (Wildman–Crippen MR) is 68.6 cm³/mol. The van der Waals surface area contributed by atoms with E-state index in [-0.39, 0.29) is 30.5 Å². The van der Waals surface area contributed by atoms with E-state index in [4.69, 9.17) is 5.11 Å². The van der Waals surface area contributed by atoms with Crippen LogP contribution >= 0.6 is 0 Å². The van der Waals surface area contributed by atoms with Gasteiger partial charge in [-0.3, -0.25) is 9.59 Å². The molecule has 0 spiro atoms. The van der Waals surface area contributed by atoms with Gasteiger partial charge >= 0.3 is 12.0 Å². The number of hydrogen-bond donors (Lipinski definition) is 4. The molecule has 0 bridgehead atoms. The molecule has 7 nitrogen and oxygen atoms in total. The van der Waals surface area contributed by atoms with E-state index in [9.17, 15) is 14.4 Å². The lowest BCUT2D eigenvalue weighted by molar-refractivity contribution is -0.141. The van der Waals surface area contributed by atoms with Crippen LogP contribution < -0.4 is 16.0 Å². The van der Waals surface area contributed by atoms with E-state index in [1.807, 2.05) is 13.8 Å². The highest BCUT2D eigenvalue weighted by atomic mass is 16.4. The van der Waals surface area contributed by atoms with Gasteiger partial charge in [0.25, 0.3) is 0 Å². The molecule has 108 valence electrons. The Bertz CT molecular complexity index is 357. The maximum absolute atomic E-state index is 11.5. The molecule has 2 atom stereocenters. The van der Waals surface area contributed by atoms with Gasteiger partial charge in [0, 0.05) is 12.1 Å². The number of rotatable bonds is 5. The highest BCUT2D eigenvalue weighted by Crippen LogP contribution is 2.25. The molecule has 1 aliphatic carbocycles. The van der Waals surface area contributed by atoms with Crippen molar-refractivity contribution < 1.29 is 19.5 Å². The Morgan fingerprint density at radius 1 is 1.26 bits per heavy atom. The maximum Gasteiger partial charge on any atom is 0.315 e. The number of carbonyl (C=O) groups excluding carboxylic acids is 2. The molecule has 2 unspecified atom stereocenters. The number of amides is 3. The summed E-state index contributed by atoms with van der Waals surface area (Å²) in [5, 5.41) is 16.6. The first kappa shape index (κ1) is 15.3. The fourth-order valence-electron chi connectivity index (χ4n) is 2.11. The number of carboxylic acids is 1. The summed E-state index contributed by atoms with van der Waals surface area (Å²) in [6.07, 6.45) is 1.68. The molecule has 19 heavy (non-hydrogen) atoms. The third-order valence-electron chi connectivity index (χ3n) is 2.98. The Morgan fingerprint density at radius 2 is 1.95 bits per heavy atom. The van der Waals surface area contributed by atoms with Crippen molar-refractivity contribution in [2.24, 2.45) is 5.92 Å². The zero-order chi connectivity index (χ0) is 14.4. The van der Waals surface area contributed by atoms with E-state index in [0.29, 0.717) is 19.3 Å². The van der Waals surface area contributed by atoms with Crippen LogP contribution in [0.15, 0.2) is 0 Å². The molecule has 0 aliphatic heterocycles. The van der Waals surface area contributed by atoms with E-state index in [1.54, 1.807) is 0 Å². The Labute approximate surface area is 112 Å². The van der Waals surface area contributed by atoms with Gasteiger partial charge in [0.2, 0.25) is 5.91 Å². The molecule has 1 aliphatic rings. The SMILES string of the molecule is CC(C)NC(=O)CNC(=O)NC1CCC(C(=O)O)C1. The highest BCUT2D eigenvalue weighted by Gasteiger charge is 2.30. The minimum atomic E-state index is -0.819. The molecule has 0 radical (unpaired) electrons. The van der Waals surface area contributed by atoms with Crippen LogP contribution in [-0.2, 0) is 9.59 Å². The van der Waals surface area contributed by atoms with E-state index in [0.717, 1.165) is 0 Å². The molecule has 3 amide bonds. The lowest BCUT2D eigenvalue weighted by atomic mass is 10.1. The summed E-state index contributed by atoms with van der Waals surface area (Å²) < 4.78 is 0. The van der Waals surface area contributed by atoms with Crippen molar-refractivity contribution in [2.45, 2.75) is 45.2 Å². The molecular formula is C12H21N3O4. The van der Waals surface area contributed by atoms with Gasteiger partial charge in [-0.25, -0.2) is 4.79 Å². The molecule has 1 fully saturated rings. The zero-order valence-electron chi connectivity index (χ0n) is 11.2. The largest absolute Gasteiger partial charge is 0.481 e. The van der Waals surface area contributed by atoms with Gasteiger partial charge in [-0.15, -0.1) is 0 Å². The van der Waals surface area contributed by atoms with Crippen LogP contribution in [0.1, 0.15) is 33.1 Å². The topological polar surface area (TPSA) is 108 Å². The Balaban J connectivity index is 2.22. The van der Waals surface area contributed by atoms with Gasteiger partial charge in [0.1, 0.15) is 0 Å². The van der Waals surface area contributed by atoms with Crippen molar-refractivity contribution in [3.8, 4) is 0 Å². The van der Waals surface area contributed by atoms with Gasteiger partial charge in [-0.05, 0) is 33.1 Å². The Morgan fingerprint density at radius 3 is 2.47 bits per heavy atom. The lowest BCUT2D eigenvalue weighted by Gasteiger charge is -2.14. The van der Waals surface area contributed by atoms with Crippen LogP contribution in [0.3, 0.4) is 0 Å². The van der Waals surface area contributed by atoms with Crippen molar-refractivity contribution >= 4 is 17.9 Å². The van der Waals surface area contributed by atoms with Gasteiger partial charge in [-0.1, -0.05) is 0 Å². The van der Waals surface area contributed by atoms with E-state index < -0.39 is 12.0 Å². The number of carbonyl (C=O) groups is 3. The normalized spacial score (nSPS) is 22.1. The van der Waals surface area contributed by atoms with E-state index in [1.165, 1.54) is 0 Å². The van der Waals surface area contributed by atoms with Crippen molar-refractivity contribution in [1.82, 2.24) is 16.0 Å². The molecule has 0 heterocycles. The maximum atomic E-state index is 11.5. The summed E-state index contributed by atoms with van der Waals surface area (Å²) in [6.45, 7) is 3.59. The molecule has 0 saturated heterocycles. The second-order valence-electron chi connectivity index (χ2n) is 5.09. The van der Waals surface area contributed by atoms with E-state index >= 15 is 0 Å². The summed E-state index contributed by atoms with van der Waals surface area (Å²) in [4.78, 5) is 33.6. The monoisotopic (exact) mass is 271 g/mol. The molecule has 0 aromatic rings. The molecule has 0 aromatic heterocycles. The molecule has 7 heteroatoms. The summed E-state index contributed by atoms with van der Waals surface area (Å²) in [5.41, 5.74) is 0. The molecule has 4 N–H and O–H groups in total. The van der Waals surface area contributed by atoms with Crippen LogP contribution in [-0.4, -0.2) is 41.6 Å². The molecule has 0 aromatic carbocycles. The first-order valence-electron chi connectivity index (χ1n) is 6.45. The van der Waals surface area contributed by atoms with Crippen molar-refractivity contribution in [1.29, 1.82) is 0 Å². The summed E-state index contributed by atoms with van der Waals surface area (Å²) in [6, 6.07) is -0.535. The Kier molecular flexibility index (Phi) is 5.59. The average molecular weight is 271 g/mol. The van der Waals surface area contributed by atoms with E-state index in [2.05, 4.69) is 16.0 Å². The van der Waals surface area contributed by atoms with Gasteiger partial charge in [0.15, 0.2) is 0 Å². The van der Waals surface area contributed by atoms with Crippen LogP contribution in [0.4, 0.5) is 4.79 Å². The summed E-state index contributed by atoms with van der Waals surface area (Å²) >= 11 is 0. The smallest absolute Gasteiger partial charge is 0.315 e. The highest BCUT2D eigenvalue weighted by molar-refractivity contribution is 5.84. The average Bonchev–Trinajstić information content (AvgIpc) is 2.74. The number of hydrogen-bond acceptors (Lipinski definition) is 3. The standard InChI is InChI=1S/C12H21N3O4/c1-7(2)14-10(16)6-13-12(19)15-9-4-3-8(5-9)11(17)18/h7-9H,3-6H2,1-2H3,(H,14,16)(H,17,18)(H2,13,15,19). The Hall–Kier alpha value is -1.79. The van der Waals surface area contributed by atoms with Gasteiger partial charge < -0.3 is 21.1 Å². The first-order valence-corrected chi connectivity index (χ1v) is 6.45. The number of carboxylic acid groups (broad SMARTS) is 1.